The van der Waals surface area contributed by atoms with E-state index in [-0.39, 0.29) is 54.8 Å². The Morgan fingerprint density at radius 1 is 0.676 bits per heavy atom. The molecule has 2 saturated heterocycles. The van der Waals surface area contributed by atoms with Crippen molar-refractivity contribution >= 4 is 53.3 Å². The molecule has 9 rings (SSSR count). The summed E-state index contributed by atoms with van der Waals surface area (Å²) in [5.74, 6) is 0.807. The summed E-state index contributed by atoms with van der Waals surface area (Å²) < 4.78 is 37.4. The number of aromatic nitrogens is 3. The van der Waals surface area contributed by atoms with E-state index in [0.717, 1.165) is 60.9 Å². The number of nitrogens with one attached hydrogen (secondary N) is 1. The smallest absolute Gasteiger partial charge is 0.256 e. The van der Waals surface area contributed by atoms with E-state index in [9.17, 15) is 24.0 Å². The van der Waals surface area contributed by atoms with E-state index in [2.05, 4.69) is 15.6 Å². The van der Waals surface area contributed by atoms with Crippen LogP contribution in [0.2, 0.25) is 0 Å². The summed E-state index contributed by atoms with van der Waals surface area (Å²) in [5, 5.41) is 11.7. The Morgan fingerprint density at radius 2 is 1.28 bits per heavy atom. The van der Waals surface area contributed by atoms with Gasteiger partial charge in [0, 0.05) is 74.9 Å². The van der Waals surface area contributed by atoms with Gasteiger partial charge in [-0.3, -0.25) is 38.9 Å². The molecule has 1 N–H and O–H groups in total. The van der Waals surface area contributed by atoms with Gasteiger partial charge < -0.3 is 43.5 Å². The zero-order valence-corrected chi connectivity index (χ0v) is 42.0. The molecule has 0 unspecified atom stereocenters. The molecule has 0 bridgehead atoms. The predicted molar refractivity (Wildman–Crippen MR) is 273 cm³/mol. The number of aryl methyl sites for hydroxylation is 1. The van der Waals surface area contributed by atoms with Crippen molar-refractivity contribution in [2.45, 2.75) is 90.1 Å². The molecule has 1 aromatic heterocycles. The van der Waals surface area contributed by atoms with Crippen molar-refractivity contribution in [3.8, 4) is 28.5 Å². The summed E-state index contributed by atoms with van der Waals surface area (Å²) in [5.41, 5.74) is 6.14. The van der Waals surface area contributed by atoms with Crippen LogP contribution in [-0.4, -0.2) is 157 Å². The van der Waals surface area contributed by atoms with Crippen molar-refractivity contribution in [3.05, 3.63) is 88.6 Å². The molecule has 74 heavy (non-hydrogen) atoms. The summed E-state index contributed by atoms with van der Waals surface area (Å²) in [4.78, 5) is 76.7. The van der Waals surface area contributed by atoms with Crippen LogP contribution in [0.15, 0.2) is 70.8 Å². The highest BCUT2D eigenvalue weighted by Gasteiger charge is 2.34. The third-order valence-electron chi connectivity index (χ3n) is 13.6. The third kappa shape index (κ3) is 12.7. The first-order valence-electron chi connectivity index (χ1n) is 25.5. The highest BCUT2D eigenvalue weighted by molar-refractivity contribution is 6.12. The van der Waals surface area contributed by atoms with Crippen molar-refractivity contribution in [2.24, 2.45) is 9.98 Å². The molecular formula is C54H63N9O11. The van der Waals surface area contributed by atoms with E-state index in [0.29, 0.717) is 131 Å². The molecule has 20 heteroatoms. The summed E-state index contributed by atoms with van der Waals surface area (Å²) in [6, 6.07) is 13.2. The molecule has 2 atom stereocenters. The fourth-order valence-electron chi connectivity index (χ4n) is 9.63. The molecule has 5 aliphatic rings. The van der Waals surface area contributed by atoms with Gasteiger partial charge in [-0.15, -0.1) is 5.10 Å². The van der Waals surface area contributed by atoms with Gasteiger partial charge in [-0.1, -0.05) is 11.6 Å². The zero-order valence-electron chi connectivity index (χ0n) is 42.0. The van der Waals surface area contributed by atoms with Crippen molar-refractivity contribution in [2.75, 3.05) is 72.9 Å². The Kier molecular flexibility index (Phi) is 17.2. The number of benzene rings is 3. The van der Waals surface area contributed by atoms with E-state index in [1.165, 1.54) is 17.1 Å². The minimum atomic E-state index is -0.284. The second kappa shape index (κ2) is 24.6. The average Bonchev–Trinajstić information content (AvgIpc) is 4.23. The summed E-state index contributed by atoms with van der Waals surface area (Å²) in [6.45, 7) is 7.21. The molecule has 0 aliphatic carbocycles. The van der Waals surface area contributed by atoms with Gasteiger partial charge in [-0.2, -0.15) is 0 Å². The van der Waals surface area contributed by atoms with Crippen molar-refractivity contribution in [3.63, 3.8) is 0 Å². The molecule has 0 spiro atoms. The van der Waals surface area contributed by atoms with Crippen LogP contribution in [0.3, 0.4) is 0 Å². The molecule has 3 aromatic carbocycles. The summed E-state index contributed by atoms with van der Waals surface area (Å²) in [6.07, 6.45) is 14.3. The molecule has 2 fully saturated rings. The van der Waals surface area contributed by atoms with Crippen LogP contribution < -0.4 is 19.5 Å². The number of unbranched alkanes of at least 4 members (excludes halogenated alkanes) is 2. The highest BCUT2D eigenvalue weighted by Crippen LogP contribution is 2.39. The van der Waals surface area contributed by atoms with E-state index >= 15 is 0 Å². The summed E-state index contributed by atoms with van der Waals surface area (Å²) in [7, 11) is 1.55. The van der Waals surface area contributed by atoms with Crippen LogP contribution in [0, 0.1) is 6.92 Å². The zero-order chi connectivity index (χ0) is 51.4. The second-order valence-corrected chi connectivity index (χ2v) is 18.8. The first kappa shape index (κ1) is 51.6. The topological polar surface area (TPSA) is 218 Å². The number of hydrogen-bond donors (Lipinski definition) is 1. The van der Waals surface area contributed by atoms with Gasteiger partial charge >= 0.3 is 0 Å². The molecule has 390 valence electrons. The fourth-order valence-corrected chi connectivity index (χ4v) is 9.63. The number of carbonyl (C=O) groups excluding carboxylic acids is 5. The van der Waals surface area contributed by atoms with Crippen molar-refractivity contribution in [1.82, 2.24) is 35.0 Å². The lowest BCUT2D eigenvalue weighted by atomic mass is 10.0. The van der Waals surface area contributed by atoms with Crippen LogP contribution in [0.1, 0.15) is 88.8 Å². The van der Waals surface area contributed by atoms with Crippen LogP contribution in [0.4, 0.5) is 11.4 Å². The number of fused-ring (bicyclic) bond motifs is 4. The summed E-state index contributed by atoms with van der Waals surface area (Å²) >= 11 is 0. The second-order valence-electron chi connectivity index (χ2n) is 18.8. The lowest BCUT2D eigenvalue weighted by molar-refractivity contribution is -0.137. The van der Waals surface area contributed by atoms with Crippen molar-refractivity contribution in [1.29, 1.82) is 0 Å². The Labute approximate surface area is 429 Å². The first-order valence-corrected chi connectivity index (χ1v) is 25.5. The van der Waals surface area contributed by atoms with Crippen LogP contribution in [-0.2, 0) is 48.4 Å². The molecular weight excluding hydrogens is 951 g/mol. The lowest BCUT2D eigenvalue weighted by Gasteiger charge is -2.20. The minimum Gasteiger partial charge on any atom is -0.493 e. The maximum atomic E-state index is 13.5. The number of hydrogen-bond acceptors (Lipinski definition) is 15. The number of amides is 5. The maximum Gasteiger partial charge on any atom is 0.256 e. The Balaban J connectivity index is 0.755. The third-order valence-corrected chi connectivity index (χ3v) is 13.6. The number of nitrogens with zero attached hydrogens (tertiary/aromatic N) is 8. The molecule has 0 radical (unpaired) electrons. The molecule has 4 aromatic rings. The fraction of sp³-hybridized carbons (Fsp3) is 0.463. The van der Waals surface area contributed by atoms with E-state index in [4.69, 9.17) is 38.4 Å². The monoisotopic (exact) mass is 1010 g/mol. The molecule has 5 amide bonds. The van der Waals surface area contributed by atoms with Gasteiger partial charge in [0.2, 0.25) is 5.91 Å². The Bertz CT molecular complexity index is 2790. The first-order chi connectivity index (χ1) is 36.1. The van der Waals surface area contributed by atoms with Gasteiger partial charge in [0.25, 0.3) is 23.6 Å². The normalized spacial score (nSPS) is 17.6. The SMILES string of the molecule is COc1cc2c(cc1OCc1cc(COc3cc4c(cc3C)C(=O)N3CCC[C@H]3C=N4)cc(-c3cn(CCOCCOCCOCCNC(=O)CCCCCN4C(=O)C=CC4=O)nn3)c1)N=C[C@@H]1CCCN1C2=O. The Hall–Kier alpha value is -7.29. The average molecular weight is 1010 g/mol. The number of imide groups is 1. The molecule has 20 nitrogen and oxygen atoms in total. The van der Waals surface area contributed by atoms with E-state index in [1.807, 2.05) is 65.7 Å². The quantitative estimate of drug-likeness (QED) is 0.0590. The van der Waals surface area contributed by atoms with Crippen LogP contribution in [0.25, 0.3) is 11.3 Å². The Morgan fingerprint density at radius 3 is 1.95 bits per heavy atom. The number of rotatable bonds is 26. The number of carbonyl (C=O) groups is 5. The van der Waals surface area contributed by atoms with Gasteiger partial charge in [-0.05, 0) is 92.5 Å². The van der Waals surface area contributed by atoms with E-state index < -0.39 is 0 Å². The number of aliphatic imine (C=N–C) groups is 2. The number of ether oxygens (including phenoxy) is 6. The van der Waals surface area contributed by atoms with E-state index in [1.54, 1.807) is 23.9 Å². The van der Waals surface area contributed by atoms with Gasteiger partial charge in [0.1, 0.15) is 24.7 Å². The highest BCUT2D eigenvalue weighted by atomic mass is 16.5. The largest absolute Gasteiger partial charge is 0.493 e. The maximum absolute atomic E-state index is 13.5. The molecule has 0 saturated carbocycles. The predicted octanol–water partition coefficient (Wildman–Crippen LogP) is 5.71. The molecule has 5 aliphatic heterocycles. The van der Waals surface area contributed by atoms with Gasteiger partial charge in [-0.25, -0.2) is 4.68 Å². The minimum absolute atomic E-state index is 0.00412. The standard InChI is InChI=1S/C54H63N9O11/c1-36-24-42-44(56-31-40-8-6-15-61(40)53(42)67)29-47(36)73-34-37-25-38(35-74-49-30-45-43(28-48(49)69-2)54(68)62-16-7-9-41(62)32-57-45)27-39(26-37)46-33-60(59-58-46)17-19-71-21-23-72-22-20-70-18-13-55-50(64)10-4-3-5-14-63-51(65)11-12-52(63)66/h11-12,24-33,40-41H,3-10,13-23,34-35H2,1-2H3,(H,55,64)/t40-,41-/m0/s1. The lowest BCUT2D eigenvalue weighted by Crippen LogP contribution is -2.35. The van der Waals surface area contributed by atoms with Crippen LogP contribution in [0.5, 0.6) is 17.2 Å². The van der Waals surface area contributed by atoms with Gasteiger partial charge in [0.05, 0.1) is 94.1 Å². The van der Waals surface area contributed by atoms with Crippen molar-refractivity contribution < 1.29 is 52.4 Å². The number of methoxy groups -OCH3 is 1. The van der Waals surface area contributed by atoms with Crippen LogP contribution >= 0.6 is 0 Å². The molecule has 6 heterocycles. The van der Waals surface area contributed by atoms with Gasteiger partial charge in [0.15, 0.2) is 11.5 Å².